The summed E-state index contributed by atoms with van der Waals surface area (Å²) in [6, 6.07) is 13.5. The van der Waals surface area contributed by atoms with Crippen molar-refractivity contribution in [2.24, 2.45) is 0 Å². The van der Waals surface area contributed by atoms with E-state index in [0.717, 1.165) is 25.8 Å². The molecule has 5 heteroatoms. The molecule has 21 heavy (non-hydrogen) atoms. The first-order valence-corrected chi connectivity index (χ1v) is 8.01. The van der Waals surface area contributed by atoms with Crippen LogP contribution in [0.25, 0.3) is 10.1 Å². The Balaban J connectivity index is 1.99. The molecule has 0 atom stereocenters. The molecule has 1 amide bonds. The van der Waals surface area contributed by atoms with E-state index in [2.05, 4.69) is 21.2 Å². The van der Waals surface area contributed by atoms with Crippen LogP contribution in [0.3, 0.4) is 0 Å². The third-order valence-electron chi connectivity index (χ3n) is 3.21. The number of hydrogen-bond acceptors (Lipinski definition) is 3. The summed E-state index contributed by atoms with van der Waals surface area (Å²) in [5.74, 6) is -0.182. The summed E-state index contributed by atoms with van der Waals surface area (Å²) < 4.78 is 1.87. The summed E-state index contributed by atoms with van der Waals surface area (Å²) >= 11 is 4.83. The lowest BCUT2D eigenvalue weighted by Crippen LogP contribution is -2.12. The van der Waals surface area contributed by atoms with Gasteiger partial charge in [0.25, 0.3) is 5.91 Å². The van der Waals surface area contributed by atoms with Crippen LogP contribution >= 0.6 is 27.3 Å². The molecule has 0 aliphatic carbocycles. The van der Waals surface area contributed by atoms with Gasteiger partial charge in [-0.2, -0.15) is 0 Å². The second-order valence-corrected chi connectivity index (χ2v) is 6.68. The van der Waals surface area contributed by atoms with Crippen LogP contribution in [0.15, 0.2) is 46.9 Å². The van der Waals surface area contributed by atoms with E-state index in [4.69, 9.17) is 5.73 Å². The van der Waals surface area contributed by atoms with Crippen molar-refractivity contribution in [3.8, 4) is 0 Å². The molecule has 0 aliphatic heterocycles. The molecule has 3 nitrogen and oxygen atoms in total. The van der Waals surface area contributed by atoms with Gasteiger partial charge in [-0.25, -0.2) is 0 Å². The number of para-hydroxylation sites is 1. The number of nitrogen functional groups attached to an aromatic ring is 1. The van der Waals surface area contributed by atoms with Crippen LogP contribution in [0.4, 0.5) is 11.4 Å². The number of halogens is 1. The maximum Gasteiger partial charge on any atom is 0.267 e. The Labute approximate surface area is 134 Å². The number of hydrogen-bond donors (Lipinski definition) is 2. The van der Waals surface area contributed by atoms with E-state index in [1.165, 1.54) is 11.3 Å². The van der Waals surface area contributed by atoms with E-state index in [9.17, 15) is 4.79 Å². The molecule has 106 valence electrons. The van der Waals surface area contributed by atoms with Gasteiger partial charge in [0, 0.05) is 14.6 Å². The third-order valence-corrected chi connectivity index (χ3v) is 5.09. The molecule has 3 aromatic rings. The van der Waals surface area contributed by atoms with Crippen molar-refractivity contribution in [2.45, 2.75) is 6.92 Å². The van der Waals surface area contributed by atoms with Crippen molar-refractivity contribution in [3.05, 3.63) is 57.4 Å². The Morgan fingerprint density at radius 1 is 1.24 bits per heavy atom. The molecular formula is C16H13BrN2OS. The number of nitrogens with one attached hydrogen (secondary N) is 1. The van der Waals surface area contributed by atoms with Crippen LogP contribution < -0.4 is 11.1 Å². The molecule has 0 bridgehead atoms. The number of nitrogens with two attached hydrogens (primary N) is 1. The van der Waals surface area contributed by atoms with Crippen molar-refractivity contribution in [1.29, 1.82) is 0 Å². The Kier molecular flexibility index (Phi) is 3.69. The van der Waals surface area contributed by atoms with Crippen molar-refractivity contribution >= 4 is 54.6 Å². The topological polar surface area (TPSA) is 55.1 Å². The second kappa shape index (κ2) is 5.50. The maximum atomic E-state index is 12.4. The van der Waals surface area contributed by atoms with Gasteiger partial charge in [-0.3, -0.25) is 4.79 Å². The van der Waals surface area contributed by atoms with Crippen LogP contribution in [-0.2, 0) is 0 Å². The van der Waals surface area contributed by atoms with Crippen LogP contribution in [-0.4, -0.2) is 5.91 Å². The van der Waals surface area contributed by atoms with Crippen LogP contribution in [0.1, 0.15) is 15.2 Å². The van der Waals surface area contributed by atoms with Crippen molar-refractivity contribution in [3.63, 3.8) is 0 Å². The fourth-order valence-corrected chi connectivity index (χ4v) is 3.52. The zero-order chi connectivity index (χ0) is 15.0. The molecule has 1 heterocycles. The van der Waals surface area contributed by atoms with Gasteiger partial charge < -0.3 is 11.1 Å². The summed E-state index contributed by atoms with van der Waals surface area (Å²) in [5.41, 5.74) is 8.54. The normalized spacial score (nSPS) is 10.8. The average Bonchev–Trinajstić information content (AvgIpc) is 2.79. The zero-order valence-electron chi connectivity index (χ0n) is 11.3. The fourth-order valence-electron chi connectivity index (χ4n) is 2.14. The number of rotatable bonds is 2. The SMILES string of the molecule is Cc1ccc2sc(C(=O)Nc3ccccc3Br)c(N)c2c1. The summed E-state index contributed by atoms with van der Waals surface area (Å²) in [4.78, 5) is 13.0. The summed E-state index contributed by atoms with van der Waals surface area (Å²) in [5, 5.41) is 3.83. The number of benzene rings is 2. The standard InChI is InChI=1S/C16H13BrN2OS/c1-9-6-7-13-10(8-9)14(18)15(21-13)16(20)19-12-5-3-2-4-11(12)17/h2-8H,18H2,1H3,(H,19,20). The van der Waals surface area contributed by atoms with Gasteiger partial charge in [-0.15, -0.1) is 11.3 Å². The highest BCUT2D eigenvalue weighted by Gasteiger charge is 2.17. The van der Waals surface area contributed by atoms with E-state index in [1.807, 2.05) is 49.4 Å². The molecule has 0 radical (unpaired) electrons. The maximum absolute atomic E-state index is 12.4. The molecule has 3 rings (SSSR count). The number of anilines is 2. The number of carbonyl (C=O) groups is 1. The van der Waals surface area contributed by atoms with Gasteiger partial charge in [0.05, 0.1) is 11.4 Å². The molecule has 0 unspecified atom stereocenters. The van der Waals surface area contributed by atoms with E-state index in [1.54, 1.807) is 0 Å². The summed E-state index contributed by atoms with van der Waals surface area (Å²) in [6.45, 7) is 2.01. The molecule has 0 saturated heterocycles. The van der Waals surface area contributed by atoms with Crippen molar-refractivity contribution in [1.82, 2.24) is 0 Å². The van der Waals surface area contributed by atoms with Gasteiger partial charge in [0.2, 0.25) is 0 Å². The monoisotopic (exact) mass is 360 g/mol. The number of amides is 1. The zero-order valence-corrected chi connectivity index (χ0v) is 13.7. The molecule has 0 aliphatic rings. The Morgan fingerprint density at radius 2 is 2.00 bits per heavy atom. The Bertz CT molecular complexity index is 841. The van der Waals surface area contributed by atoms with Crippen LogP contribution in [0, 0.1) is 6.92 Å². The Hall–Kier alpha value is -1.85. The van der Waals surface area contributed by atoms with Gasteiger partial charge >= 0.3 is 0 Å². The van der Waals surface area contributed by atoms with Gasteiger partial charge in [0.15, 0.2) is 0 Å². The molecule has 1 aromatic heterocycles. The van der Waals surface area contributed by atoms with E-state index in [0.29, 0.717) is 10.6 Å². The van der Waals surface area contributed by atoms with Crippen molar-refractivity contribution < 1.29 is 4.79 Å². The van der Waals surface area contributed by atoms with E-state index >= 15 is 0 Å². The predicted octanol–water partition coefficient (Wildman–Crippen LogP) is 4.81. The minimum atomic E-state index is -0.182. The fraction of sp³-hybridized carbons (Fsp3) is 0.0625. The first-order valence-electron chi connectivity index (χ1n) is 6.41. The largest absolute Gasteiger partial charge is 0.397 e. The molecule has 0 saturated carbocycles. The number of carbonyl (C=O) groups excluding carboxylic acids is 1. The highest BCUT2D eigenvalue weighted by molar-refractivity contribution is 9.10. The van der Waals surface area contributed by atoms with Gasteiger partial charge in [-0.05, 0) is 47.1 Å². The molecular weight excluding hydrogens is 348 g/mol. The quantitative estimate of drug-likeness (QED) is 0.688. The van der Waals surface area contributed by atoms with E-state index < -0.39 is 0 Å². The van der Waals surface area contributed by atoms with Crippen molar-refractivity contribution in [2.75, 3.05) is 11.1 Å². The minimum Gasteiger partial charge on any atom is -0.397 e. The molecule has 0 spiro atoms. The van der Waals surface area contributed by atoms with Crippen LogP contribution in [0.5, 0.6) is 0 Å². The molecule has 3 N–H and O–H groups in total. The van der Waals surface area contributed by atoms with Gasteiger partial charge in [0.1, 0.15) is 4.88 Å². The van der Waals surface area contributed by atoms with Crippen LogP contribution in [0.2, 0.25) is 0 Å². The highest BCUT2D eigenvalue weighted by atomic mass is 79.9. The first-order chi connectivity index (χ1) is 10.1. The average molecular weight is 361 g/mol. The molecule has 2 aromatic carbocycles. The smallest absolute Gasteiger partial charge is 0.267 e. The lowest BCUT2D eigenvalue weighted by molar-refractivity contribution is 0.103. The minimum absolute atomic E-state index is 0.182. The highest BCUT2D eigenvalue weighted by Crippen LogP contribution is 2.35. The third kappa shape index (κ3) is 2.66. The number of thiophene rings is 1. The number of aryl methyl sites for hydroxylation is 1. The summed E-state index contributed by atoms with van der Waals surface area (Å²) in [7, 11) is 0. The summed E-state index contributed by atoms with van der Waals surface area (Å²) in [6.07, 6.45) is 0. The van der Waals surface area contributed by atoms with Gasteiger partial charge in [-0.1, -0.05) is 23.8 Å². The Morgan fingerprint density at radius 3 is 2.76 bits per heavy atom. The lowest BCUT2D eigenvalue weighted by atomic mass is 10.1. The first kappa shape index (κ1) is 14.1. The predicted molar refractivity (Wildman–Crippen MR) is 93.1 cm³/mol. The second-order valence-electron chi connectivity index (χ2n) is 4.78. The lowest BCUT2D eigenvalue weighted by Gasteiger charge is -2.06. The van der Waals surface area contributed by atoms with E-state index in [-0.39, 0.29) is 5.91 Å². The number of fused-ring (bicyclic) bond motifs is 1. The molecule has 0 fully saturated rings.